The minimum Gasteiger partial charge on any atom is -0.397 e. The quantitative estimate of drug-likeness (QED) is 0.537. The van der Waals surface area contributed by atoms with Crippen LogP contribution in [-0.2, 0) is 10.1 Å². The van der Waals surface area contributed by atoms with Crippen LogP contribution in [0.4, 0.5) is 17.1 Å². The number of Topliss-reactive ketones (excluding diaryl/α,β-unsaturated/α-hetero) is 2. The van der Waals surface area contributed by atoms with Crippen LogP contribution >= 0.6 is 0 Å². The summed E-state index contributed by atoms with van der Waals surface area (Å²) >= 11 is 0. The van der Waals surface area contributed by atoms with Crippen molar-refractivity contribution in [2.24, 2.45) is 0 Å². The van der Waals surface area contributed by atoms with Gasteiger partial charge in [0.25, 0.3) is 10.1 Å². The summed E-state index contributed by atoms with van der Waals surface area (Å²) in [5, 5.41) is 2.97. The Kier molecular flexibility index (Phi) is 4.17. The normalized spacial score (nSPS) is 16.0. The van der Waals surface area contributed by atoms with E-state index in [0.717, 1.165) is 6.07 Å². The second-order valence-corrected chi connectivity index (χ2v) is 7.93. The molecule has 142 valence electrons. The van der Waals surface area contributed by atoms with E-state index in [0.29, 0.717) is 24.1 Å². The average molecular weight is 396 g/mol. The molecule has 2 aromatic carbocycles. The fourth-order valence-corrected chi connectivity index (χ4v) is 4.18. The highest BCUT2D eigenvalue weighted by Gasteiger charge is 2.37. The van der Waals surface area contributed by atoms with Crippen molar-refractivity contribution in [2.45, 2.75) is 17.7 Å². The maximum Gasteiger partial charge on any atom is 0.296 e. The third-order valence-corrected chi connectivity index (χ3v) is 5.70. The standard InChI is InChI=1S/C20H16N2O5S/c21-18-15(28(25,26)27)10-14(22-11-6-2-1-3-7-11)16-17(18)20(24)13-9-5-4-8-12(13)19(16)23/h1-3,5-7,9-10,22H,4,8,21H2,(H,25,26,27). The molecule has 0 radical (unpaired) electrons. The molecule has 0 unspecified atom stereocenters. The van der Waals surface area contributed by atoms with Gasteiger partial charge in [-0.25, -0.2) is 0 Å². The molecule has 0 saturated heterocycles. The number of allylic oxidation sites excluding steroid dienone is 4. The van der Waals surface area contributed by atoms with E-state index in [9.17, 15) is 22.6 Å². The van der Waals surface area contributed by atoms with E-state index in [1.54, 1.807) is 42.5 Å². The summed E-state index contributed by atoms with van der Waals surface area (Å²) in [4.78, 5) is 25.6. The molecule has 0 heterocycles. The van der Waals surface area contributed by atoms with E-state index in [1.807, 2.05) is 0 Å². The van der Waals surface area contributed by atoms with Crippen molar-refractivity contribution in [3.05, 3.63) is 70.8 Å². The summed E-state index contributed by atoms with van der Waals surface area (Å²) in [6, 6.07) is 9.85. The van der Waals surface area contributed by atoms with Crippen molar-refractivity contribution in [1.29, 1.82) is 0 Å². The van der Waals surface area contributed by atoms with Crippen LogP contribution in [-0.4, -0.2) is 24.5 Å². The first-order valence-corrected chi connectivity index (χ1v) is 9.98. The first-order valence-electron chi connectivity index (χ1n) is 8.54. The highest BCUT2D eigenvalue weighted by molar-refractivity contribution is 7.86. The Morgan fingerprint density at radius 1 is 1.04 bits per heavy atom. The largest absolute Gasteiger partial charge is 0.397 e. The zero-order chi connectivity index (χ0) is 20.1. The Balaban J connectivity index is 2.02. The van der Waals surface area contributed by atoms with Crippen molar-refractivity contribution < 1.29 is 22.6 Å². The SMILES string of the molecule is Nc1c(S(=O)(=O)O)cc(Nc2ccccc2)c2c1C(=O)C1=C(CCC=C1)C2=O. The molecule has 0 fully saturated rings. The number of fused-ring (bicyclic) bond motifs is 1. The number of nitrogens with two attached hydrogens (primary N) is 1. The summed E-state index contributed by atoms with van der Waals surface area (Å²) in [6.07, 6.45) is 4.39. The lowest BCUT2D eigenvalue weighted by Gasteiger charge is -2.26. The minimum atomic E-state index is -4.71. The molecule has 8 heteroatoms. The van der Waals surface area contributed by atoms with Gasteiger partial charge in [-0.15, -0.1) is 0 Å². The number of nitrogen functional groups attached to an aromatic ring is 1. The molecule has 0 amide bonds. The van der Waals surface area contributed by atoms with Gasteiger partial charge in [-0.2, -0.15) is 8.42 Å². The van der Waals surface area contributed by atoms with Crippen molar-refractivity contribution in [2.75, 3.05) is 11.1 Å². The second-order valence-electron chi connectivity index (χ2n) is 6.54. The maximum atomic E-state index is 13.2. The summed E-state index contributed by atoms with van der Waals surface area (Å²) in [5.74, 6) is -0.902. The second kappa shape index (κ2) is 6.43. The van der Waals surface area contributed by atoms with E-state index in [4.69, 9.17) is 5.73 Å². The van der Waals surface area contributed by atoms with E-state index >= 15 is 0 Å². The number of nitrogens with one attached hydrogen (secondary N) is 1. The third-order valence-electron chi connectivity index (χ3n) is 4.80. The van der Waals surface area contributed by atoms with Crippen molar-refractivity contribution in [3.63, 3.8) is 0 Å². The van der Waals surface area contributed by atoms with Crippen LogP contribution < -0.4 is 11.1 Å². The van der Waals surface area contributed by atoms with Gasteiger partial charge in [0.2, 0.25) is 0 Å². The number of ketones is 2. The van der Waals surface area contributed by atoms with E-state index in [-0.39, 0.29) is 28.2 Å². The first-order chi connectivity index (χ1) is 13.3. The van der Waals surface area contributed by atoms with Gasteiger partial charge < -0.3 is 11.1 Å². The van der Waals surface area contributed by atoms with Gasteiger partial charge in [-0.1, -0.05) is 30.4 Å². The number of benzene rings is 2. The monoisotopic (exact) mass is 396 g/mol. The molecule has 4 N–H and O–H groups in total. The predicted molar refractivity (Wildman–Crippen MR) is 104 cm³/mol. The maximum absolute atomic E-state index is 13.2. The van der Waals surface area contributed by atoms with Crippen LogP contribution in [0.5, 0.6) is 0 Å². The van der Waals surface area contributed by atoms with Gasteiger partial charge in [0.05, 0.1) is 22.5 Å². The van der Waals surface area contributed by atoms with Gasteiger partial charge in [0.1, 0.15) is 4.90 Å². The van der Waals surface area contributed by atoms with Crippen molar-refractivity contribution >= 4 is 38.7 Å². The third kappa shape index (κ3) is 2.83. The molecule has 4 rings (SSSR count). The molecule has 0 aliphatic heterocycles. The Hall–Kier alpha value is -3.23. The van der Waals surface area contributed by atoms with Crippen molar-refractivity contribution in [3.8, 4) is 0 Å². The predicted octanol–water partition coefficient (Wildman–Crippen LogP) is 3.28. The fourth-order valence-electron chi connectivity index (χ4n) is 3.53. The summed E-state index contributed by atoms with van der Waals surface area (Å²) < 4.78 is 33.3. The van der Waals surface area contributed by atoms with Gasteiger partial charge in [0.15, 0.2) is 11.6 Å². The van der Waals surface area contributed by atoms with Crippen LogP contribution in [0.15, 0.2) is 64.6 Å². The van der Waals surface area contributed by atoms with Crippen LogP contribution in [0.25, 0.3) is 0 Å². The Morgan fingerprint density at radius 3 is 2.43 bits per heavy atom. The van der Waals surface area contributed by atoms with Crippen LogP contribution in [0.1, 0.15) is 33.6 Å². The van der Waals surface area contributed by atoms with Gasteiger partial charge in [-0.05, 0) is 31.0 Å². The molecule has 28 heavy (non-hydrogen) atoms. The van der Waals surface area contributed by atoms with Crippen LogP contribution in [0, 0.1) is 0 Å². The Bertz CT molecular complexity index is 1190. The molecule has 0 atom stereocenters. The summed E-state index contributed by atoms with van der Waals surface area (Å²) in [6.45, 7) is 0. The average Bonchev–Trinajstić information content (AvgIpc) is 2.67. The smallest absolute Gasteiger partial charge is 0.296 e. The molecule has 2 aromatic rings. The number of rotatable bonds is 3. The lowest BCUT2D eigenvalue weighted by Crippen LogP contribution is -2.26. The molecular weight excluding hydrogens is 380 g/mol. The van der Waals surface area contributed by atoms with Gasteiger partial charge in [-0.3, -0.25) is 14.1 Å². The zero-order valence-corrected chi connectivity index (χ0v) is 15.4. The number of anilines is 3. The van der Waals surface area contributed by atoms with Gasteiger partial charge >= 0.3 is 0 Å². The summed E-state index contributed by atoms with van der Waals surface area (Å²) in [7, 11) is -4.71. The minimum absolute atomic E-state index is 0.0211. The first kappa shape index (κ1) is 18.1. The fraction of sp³-hybridized carbons (Fsp3) is 0.100. The topological polar surface area (TPSA) is 127 Å². The molecule has 0 aromatic heterocycles. The molecule has 0 saturated carbocycles. The number of hydrogen-bond acceptors (Lipinski definition) is 6. The Labute approximate surface area is 161 Å². The number of hydrogen-bond donors (Lipinski definition) is 3. The summed E-state index contributed by atoms with van der Waals surface area (Å²) in [5.41, 5.74) is 6.61. The molecule has 2 aliphatic carbocycles. The zero-order valence-electron chi connectivity index (χ0n) is 14.6. The highest BCUT2D eigenvalue weighted by Crippen LogP contribution is 2.41. The molecule has 0 spiro atoms. The lowest BCUT2D eigenvalue weighted by atomic mass is 9.78. The van der Waals surface area contributed by atoms with Crippen LogP contribution in [0.3, 0.4) is 0 Å². The van der Waals surface area contributed by atoms with E-state index in [1.165, 1.54) is 0 Å². The Morgan fingerprint density at radius 2 is 1.75 bits per heavy atom. The van der Waals surface area contributed by atoms with Crippen LogP contribution in [0.2, 0.25) is 0 Å². The number of para-hydroxylation sites is 1. The molecular formula is C20H16N2O5S. The molecule has 2 aliphatic rings. The molecule has 0 bridgehead atoms. The number of carbonyl (C=O) groups excluding carboxylic acids is 2. The number of carbonyl (C=O) groups is 2. The van der Waals surface area contributed by atoms with Crippen molar-refractivity contribution in [1.82, 2.24) is 0 Å². The highest BCUT2D eigenvalue weighted by atomic mass is 32.2. The van der Waals surface area contributed by atoms with Gasteiger partial charge in [0, 0.05) is 16.8 Å². The van der Waals surface area contributed by atoms with E-state index in [2.05, 4.69) is 5.32 Å². The molecule has 7 nitrogen and oxygen atoms in total. The van der Waals surface area contributed by atoms with E-state index < -0.39 is 26.5 Å². The lowest BCUT2D eigenvalue weighted by molar-refractivity contribution is 0.0975.